The Balaban J connectivity index is 1.38. The van der Waals surface area contributed by atoms with Gasteiger partial charge in [0.05, 0.1) is 0 Å². The van der Waals surface area contributed by atoms with Crippen LogP contribution < -0.4 is 14.8 Å². The Morgan fingerprint density at radius 3 is 2.56 bits per heavy atom. The van der Waals surface area contributed by atoms with Gasteiger partial charge in [-0.05, 0) is 49.4 Å². The van der Waals surface area contributed by atoms with Crippen molar-refractivity contribution in [3.05, 3.63) is 96.7 Å². The molecule has 2 aromatic carbocycles. The van der Waals surface area contributed by atoms with Crippen molar-refractivity contribution in [2.24, 2.45) is 0 Å². The van der Waals surface area contributed by atoms with Gasteiger partial charge in [-0.3, -0.25) is 4.79 Å². The predicted octanol–water partition coefficient (Wildman–Crippen LogP) is 5.15. The number of thiazole rings is 1. The quantitative estimate of drug-likeness (QED) is 0.345. The number of benzene rings is 2. The van der Waals surface area contributed by atoms with Crippen molar-refractivity contribution in [3.8, 4) is 17.1 Å². The van der Waals surface area contributed by atoms with Crippen LogP contribution in [0.3, 0.4) is 0 Å². The Labute approximate surface area is 196 Å². The molecular weight excluding hydrogens is 469 g/mol. The molecule has 160 valence electrons. The van der Waals surface area contributed by atoms with Gasteiger partial charge in [0, 0.05) is 21.7 Å². The number of ether oxygens (including phenoxy) is 1. The summed E-state index contributed by atoms with van der Waals surface area (Å²) in [6.07, 6.45) is 1.67. The number of rotatable bonds is 5. The molecule has 3 aromatic heterocycles. The summed E-state index contributed by atoms with van der Waals surface area (Å²) in [5.41, 5.74) is 1.64. The van der Waals surface area contributed by atoms with E-state index in [2.05, 4.69) is 10.1 Å². The molecule has 0 aliphatic rings. The Morgan fingerprint density at radius 2 is 1.84 bits per heavy atom. The van der Waals surface area contributed by atoms with Crippen molar-refractivity contribution in [2.75, 3.05) is 0 Å². The van der Waals surface area contributed by atoms with Gasteiger partial charge < -0.3 is 9.15 Å². The molecule has 5 rings (SSSR count). The minimum atomic E-state index is -0.261. The number of hydrogen-bond acceptors (Lipinski definition) is 6. The van der Waals surface area contributed by atoms with Gasteiger partial charge in [-0.15, -0.1) is 5.10 Å². The molecule has 32 heavy (non-hydrogen) atoms. The first-order chi connectivity index (χ1) is 15.4. The normalized spacial score (nSPS) is 12.0. The first-order valence-corrected chi connectivity index (χ1v) is 11.2. The van der Waals surface area contributed by atoms with Crippen molar-refractivity contribution in [1.29, 1.82) is 0 Å². The standard InChI is InChI=1S/C23H15Cl2N3O3S/c1-13-2-4-17(5-3-13)30-12-21-26-23-28(27-21)22(29)20(32-23)11-18-6-7-19(31-18)14-8-15(24)10-16(25)9-14/h2-11H,12H2,1H3/b20-11-. The van der Waals surface area contributed by atoms with E-state index in [0.29, 0.717) is 36.9 Å². The molecule has 0 saturated heterocycles. The highest BCUT2D eigenvalue weighted by Gasteiger charge is 2.12. The molecule has 3 heterocycles. The molecule has 0 fully saturated rings. The number of hydrogen-bond donors (Lipinski definition) is 0. The summed E-state index contributed by atoms with van der Waals surface area (Å²) >= 11 is 13.4. The first kappa shape index (κ1) is 20.8. The minimum Gasteiger partial charge on any atom is -0.486 e. The summed E-state index contributed by atoms with van der Waals surface area (Å²) < 4.78 is 13.3. The molecule has 0 amide bonds. The van der Waals surface area contributed by atoms with E-state index in [0.717, 1.165) is 16.9 Å². The SMILES string of the molecule is Cc1ccc(OCc2nc3s/c(=C\c4ccc(-c5cc(Cl)cc(Cl)c5)o4)c(=O)n3n2)cc1. The fourth-order valence-corrected chi connectivity index (χ4v) is 4.56. The van der Waals surface area contributed by atoms with Crippen molar-refractivity contribution in [3.63, 3.8) is 0 Å². The molecule has 9 heteroatoms. The lowest BCUT2D eigenvalue weighted by atomic mass is 10.2. The Hall–Kier alpha value is -3.13. The largest absolute Gasteiger partial charge is 0.486 e. The van der Waals surface area contributed by atoms with Gasteiger partial charge in [0.25, 0.3) is 5.56 Å². The summed E-state index contributed by atoms with van der Waals surface area (Å²) in [6, 6.07) is 16.5. The van der Waals surface area contributed by atoms with Crippen LogP contribution in [0.15, 0.2) is 63.8 Å². The van der Waals surface area contributed by atoms with Crippen LogP contribution >= 0.6 is 34.5 Å². The number of fused-ring (bicyclic) bond motifs is 1. The molecular formula is C23H15Cl2N3O3S. The Bertz CT molecular complexity index is 1520. The third-order valence-electron chi connectivity index (χ3n) is 4.66. The van der Waals surface area contributed by atoms with Gasteiger partial charge in [0.2, 0.25) is 4.96 Å². The smallest absolute Gasteiger partial charge is 0.291 e. The van der Waals surface area contributed by atoms with E-state index in [4.69, 9.17) is 32.4 Å². The molecule has 0 unspecified atom stereocenters. The lowest BCUT2D eigenvalue weighted by Crippen LogP contribution is -2.23. The third-order valence-corrected chi connectivity index (χ3v) is 6.06. The third kappa shape index (κ3) is 4.27. The summed E-state index contributed by atoms with van der Waals surface area (Å²) in [5, 5.41) is 5.31. The van der Waals surface area contributed by atoms with E-state index >= 15 is 0 Å². The van der Waals surface area contributed by atoms with Gasteiger partial charge in [-0.25, -0.2) is 0 Å². The number of furan rings is 1. The Morgan fingerprint density at radius 1 is 1.09 bits per heavy atom. The highest BCUT2D eigenvalue weighted by atomic mass is 35.5. The Kier molecular flexibility index (Phi) is 5.46. The molecule has 0 aliphatic carbocycles. The highest BCUT2D eigenvalue weighted by Crippen LogP contribution is 2.28. The van der Waals surface area contributed by atoms with Gasteiger partial charge >= 0.3 is 0 Å². The van der Waals surface area contributed by atoms with Crippen LogP contribution in [-0.2, 0) is 6.61 Å². The summed E-state index contributed by atoms with van der Waals surface area (Å²) in [6.45, 7) is 2.19. The summed E-state index contributed by atoms with van der Waals surface area (Å²) in [5.74, 6) is 2.29. The van der Waals surface area contributed by atoms with E-state index in [1.807, 2.05) is 31.2 Å². The molecule has 6 nitrogen and oxygen atoms in total. The maximum absolute atomic E-state index is 12.7. The topological polar surface area (TPSA) is 69.6 Å². The van der Waals surface area contributed by atoms with Gasteiger partial charge in [0.1, 0.15) is 28.4 Å². The first-order valence-electron chi connectivity index (χ1n) is 9.60. The number of halogens is 2. The lowest BCUT2D eigenvalue weighted by molar-refractivity contribution is 0.296. The van der Waals surface area contributed by atoms with Crippen LogP contribution in [-0.4, -0.2) is 14.6 Å². The highest BCUT2D eigenvalue weighted by molar-refractivity contribution is 7.15. The summed E-state index contributed by atoms with van der Waals surface area (Å²) in [4.78, 5) is 17.6. The van der Waals surface area contributed by atoms with Crippen LogP contribution in [0.1, 0.15) is 17.1 Å². The zero-order valence-electron chi connectivity index (χ0n) is 16.7. The zero-order valence-corrected chi connectivity index (χ0v) is 19.0. The molecule has 0 spiro atoms. The predicted molar refractivity (Wildman–Crippen MR) is 126 cm³/mol. The second-order valence-electron chi connectivity index (χ2n) is 7.10. The number of aromatic nitrogens is 3. The molecule has 0 bridgehead atoms. The fraction of sp³-hybridized carbons (Fsp3) is 0.0870. The molecule has 0 saturated carbocycles. The molecule has 0 aliphatic heterocycles. The zero-order chi connectivity index (χ0) is 22.2. The van der Waals surface area contributed by atoms with Gasteiger partial charge in [-0.2, -0.15) is 9.50 Å². The molecule has 0 N–H and O–H groups in total. The lowest BCUT2D eigenvalue weighted by Gasteiger charge is -2.03. The van der Waals surface area contributed by atoms with Crippen LogP contribution in [0.4, 0.5) is 0 Å². The van der Waals surface area contributed by atoms with Crippen LogP contribution in [0.5, 0.6) is 5.75 Å². The van der Waals surface area contributed by atoms with Crippen molar-refractivity contribution in [1.82, 2.24) is 14.6 Å². The number of aryl methyl sites for hydroxylation is 1. The molecule has 5 aromatic rings. The number of nitrogens with zero attached hydrogens (tertiary/aromatic N) is 3. The second-order valence-corrected chi connectivity index (χ2v) is 8.98. The van der Waals surface area contributed by atoms with E-state index in [9.17, 15) is 4.79 Å². The van der Waals surface area contributed by atoms with Gasteiger partial charge in [-0.1, -0.05) is 52.2 Å². The van der Waals surface area contributed by atoms with Crippen LogP contribution in [0, 0.1) is 6.92 Å². The minimum absolute atomic E-state index is 0.180. The van der Waals surface area contributed by atoms with Crippen LogP contribution in [0.25, 0.3) is 22.4 Å². The molecule has 0 radical (unpaired) electrons. The molecule has 0 atom stereocenters. The second kappa shape index (κ2) is 8.43. The van der Waals surface area contributed by atoms with Crippen molar-refractivity contribution < 1.29 is 9.15 Å². The van der Waals surface area contributed by atoms with E-state index < -0.39 is 0 Å². The van der Waals surface area contributed by atoms with E-state index in [1.54, 1.807) is 36.4 Å². The average Bonchev–Trinajstić information content (AvgIpc) is 3.45. The van der Waals surface area contributed by atoms with Crippen molar-refractivity contribution in [2.45, 2.75) is 13.5 Å². The van der Waals surface area contributed by atoms with Gasteiger partial charge in [0.15, 0.2) is 5.82 Å². The van der Waals surface area contributed by atoms with E-state index in [1.165, 1.54) is 15.9 Å². The average molecular weight is 484 g/mol. The monoisotopic (exact) mass is 483 g/mol. The fourth-order valence-electron chi connectivity index (χ4n) is 3.13. The van der Waals surface area contributed by atoms with Crippen molar-refractivity contribution >= 4 is 45.6 Å². The summed E-state index contributed by atoms with van der Waals surface area (Å²) in [7, 11) is 0. The van der Waals surface area contributed by atoms with E-state index in [-0.39, 0.29) is 12.2 Å². The maximum Gasteiger partial charge on any atom is 0.291 e. The maximum atomic E-state index is 12.7. The van der Waals surface area contributed by atoms with Crippen LogP contribution in [0.2, 0.25) is 10.0 Å².